The number of amides is 1. The highest BCUT2D eigenvalue weighted by Gasteiger charge is 2.41. The number of aromatic hydroxyl groups is 1. The molecule has 2 N–H and O–H groups in total. The Bertz CT molecular complexity index is 1160. The van der Waals surface area contributed by atoms with Crippen molar-refractivity contribution in [3.05, 3.63) is 46.9 Å². The summed E-state index contributed by atoms with van der Waals surface area (Å²) in [5.41, 5.74) is 0.942. The van der Waals surface area contributed by atoms with E-state index in [4.69, 9.17) is 11.6 Å². The van der Waals surface area contributed by atoms with Crippen LogP contribution in [0.1, 0.15) is 38.1 Å². The van der Waals surface area contributed by atoms with Crippen LogP contribution in [-0.4, -0.2) is 44.5 Å². The second-order valence-corrected chi connectivity index (χ2v) is 10.2. The van der Waals surface area contributed by atoms with Gasteiger partial charge in [0.2, 0.25) is 0 Å². The molecule has 2 aromatic carbocycles. The van der Waals surface area contributed by atoms with Crippen molar-refractivity contribution < 1.29 is 14.3 Å². The molecule has 31 heavy (non-hydrogen) atoms. The lowest BCUT2D eigenvalue weighted by Crippen LogP contribution is -2.67. The summed E-state index contributed by atoms with van der Waals surface area (Å²) in [6.45, 7) is 9.44. The summed E-state index contributed by atoms with van der Waals surface area (Å²) in [5, 5.41) is 14.1. The van der Waals surface area contributed by atoms with Crippen molar-refractivity contribution in [3.63, 3.8) is 0 Å². The number of phenolic OH excluding ortho intramolecular Hbond substituents is 1. The molecule has 0 unspecified atom stereocenters. The Balaban J connectivity index is 0.00000272. The molecule has 1 aliphatic rings. The second-order valence-electron chi connectivity index (χ2n) is 8.99. The third-order valence-electron chi connectivity index (χ3n) is 5.56. The molecule has 2 heterocycles. The van der Waals surface area contributed by atoms with Gasteiger partial charge in [-0.25, -0.2) is 4.39 Å². The molecule has 0 bridgehead atoms. The fourth-order valence-corrected chi connectivity index (χ4v) is 4.77. The van der Waals surface area contributed by atoms with E-state index in [0.717, 1.165) is 10.1 Å². The molecule has 4 rings (SSSR count). The summed E-state index contributed by atoms with van der Waals surface area (Å²) in [6.07, 6.45) is 1.69. The number of carbonyl (C=O) groups excluding carboxylic acids is 1. The zero-order valence-corrected chi connectivity index (χ0v) is 20.0. The molecule has 1 aliphatic heterocycles. The van der Waals surface area contributed by atoms with Crippen molar-refractivity contribution in [1.29, 1.82) is 0 Å². The summed E-state index contributed by atoms with van der Waals surface area (Å²) in [4.78, 5) is 15.6. The van der Waals surface area contributed by atoms with Crippen LogP contribution < -0.4 is 5.32 Å². The average Bonchev–Trinajstić information content (AvgIpc) is 3.14. The van der Waals surface area contributed by atoms with Gasteiger partial charge >= 0.3 is 0 Å². The molecule has 1 fully saturated rings. The van der Waals surface area contributed by atoms with Crippen LogP contribution in [0, 0.1) is 5.82 Å². The van der Waals surface area contributed by atoms with Crippen LogP contribution in [0.4, 0.5) is 4.39 Å². The largest absolute Gasteiger partial charge is 0.505 e. The normalized spacial score (nSPS) is 17.4. The van der Waals surface area contributed by atoms with Crippen molar-refractivity contribution in [2.75, 3.05) is 13.1 Å². The molecule has 1 amide bonds. The number of halogens is 3. The number of aromatic nitrogens is 1. The van der Waals surface area contributed by atoms with Gasteiger partial charge in [-0.3, -0.25) is 4.79 Å². The number of piperazine rings is 1. The number of fused-ring (bicyclic) bond motifs is 1. The molecule has 0 spiro atoms. The molecular formula is C22H24Cl2FN3O2S. The first-order valence-electron chi connectivity index (χ1n) is 9.62. The van der Waals surface area contributed by atoms with E-state index in [2.05, 4.69) is 23.5 Å². The highest BCUT2D eigenvalue weighted by molar-refractivity contribution is 7.13. The van der Waals surface area contributed by atoms with Crippen LogP contribution in [0.25, 0.3) is 21.2 Å². The lowest BCUT2D eigenvalue weighted by molar-refractivity contribution is 0.0283. The van der Waals surface area contributed by atoms with Crippen LogP contribution in [0.3, 0.4) is 0 Å². The minimum atomic E-state index is -0.768. The second kappa shape index (κ2) is 8.20. The standard InChI is InChI=1S/C22H23ClFN3O2S.ClH/c1-21(2)11-27(22(3,4)10-25-21)20(29)15-6-12(5-13-9-26-30-19(13)15)14-7-17(24)18(28)8-16(14)23;/h5-9,25,28H,10-11H2,1-4H3;1H. The van der Waals surface area contributed by atoms with Gasteiger partial charge in [-0.15, -0.1) is 12.4 Å². The van der Waals surface area contributed by atoms with E-state index < -0.39 is 11.6 Å². The van der Waals surface area contributed by atoms with Gasteiger partial charge in [0.1, 0.15) is 0 Å². The Kier molecular flexibility index (Phi) is 6.28. The van der Waals surface area contributed by atoms with E-state index in [1.54, 1.807) is 12.3 Å². The molecule has 1 aromatic heterocycles. The minimum absolute atomic E-state index is 0. The van der Waals surface area contributed by atoms with Crippen molar-refractivity contribution in [1.82, 2.24) is 14.6 Å². The Morgan fingerprint density at radius 2 is 1.97 bits per heavy atom. The van der Waals surface area contributed by atoms with Crippen LogP contribution in [0.5, 0.6) is 5.75 Å². The summed E-state index contributed by atoms with van der Waals surface area (Å²) in [6, 6.07) is 5.93. The molecule has 0 aliphatic carbocycles. The first-order valence-corrected chi connectivity index (χ1v) is 10.8. The fourth-order valence-electron chi connectivity index (χ4n) is 3.77. The number of rotatable bonds is 2. The van der Waals surface area contributed by atoms with Gasteiger partial charge in [-0.2, -0.15) is 4.37 Å². The van der Waals surface area contributed by atoms with Crippen molar-refractivity contribution in [2.45, 2.75) is 38.8 Å². The van der Waals surface area contributed by atoms with Gasteiger partial charge in [0.25, 0.3) is 5.91 Å². The topological polar surface area (TPSA) is 65.5 Å². The summed E-state index contributed by atoms with van der Waals surface area (Å²) in [5.74, 6) is -1.38. The summed E-state index contributed by atoms with van der Waals surface area (Å²) in [7, 11) is 0. The zero-order chi connectivity index (χ0) is 21.8. The Morgan fingerprint density at radius 3 is 2.68 bits per heavy atom. The molecule has 3 aromatic rings. The highest BCUT2D eigenvalue weighted by Crippen LogP contribution is 2.37. The van der Waals surface area contributed by atoms with E-state index in [-0.39, 0.29) is 34.4 Å². The Hall–Kier alpha value is -1.93. The lowest BCUT2D eigenvalue weighted by Gasteiger charge is -2.49. The van der Waals surface area contributed by atoms with Crippen molar-refractivity contribution in [3.8, 4) is 16.9 Å². The highest BCUT2D eigenvalue weighted by atomic mass is 35.5. The van der Waals surface area contributed by atoms with Gasteiger partial charge in [0.15, 0.2) is 11.6 Å². The smallest absolute Gasteiger partial charge is 0.255 e. The van der Waals surface area contributed by atoms with Gasteiger partial charge in [0.05, 0.1) is 20.8 Å². The number of phenols is 1. The number of nitrogens with zero attached hydrogens (tertiary/aromatic N) is 2. The number of nitrogens with one attached hydrogen (secondary N) is 1. The molecule has 1 saturated heterocycles. The third-order valence-corrected chi connectivity index (χ3v) is 6.72. The number of hydrogen-bond acceptors (Lipinski definition) is 5. The lowest BCUT2D eigenvalue weighted by atomic mass is 9.90. The maximum Gasteiger partial charge on any atom is 0.255 e. The van der Waals surface area contributed by atoms with E-state index in [9.17, 15) is 14.3 Å². The number of hydrogen-bond donors (Lipinski definition) is 2. The third kappa shape index (κ3) is 4.37. The molecule has 9 heteroatoms. The van der Waals surface area contributed by atoms with Crippen LogP contribution in [0.2, 0.25) is 5.02 Å². The fraction of sp³-hybridized carbons (Fsp3) is 0.364. The van der Waals surface area contributed by atoms with Crippen molar-refractivity contribution >= 4 is 51.5 Å². The van der Waals surface area contributed by atoms with Gasteiger partial charge in [-0.1, -0.05) is 11.6 Å². The van der Waals surface area contributed by atoms with Gasteiger partial charge in [0, 0.05) is 41.8 Å². The van der Waals surface area contributed by atoms with E-state index >= 15 is 0 Å². The predicted octanol–water partition coefficient (Wildman–Crippen LogP) is 5.49. The SMILES string of the molecule is CC1(C)CN(C(=O)c2cc(-c3cc(F)c(O)cc3Cl)cc3cnsc23)C(C)(C)CN1.Cl. The van der Waals surface area contributed by atoms with Gasteiger partial charge < -0.3 is 15.3 Å². The molecule has 0 atom stereocenters. The predicted molar refractivity (Wildman–Crippen MR) is 126 cm³/mol. The molecule has 0 radical (unpaired) electrons. The van der Waals surface area contributed by atoms with E-state index in [0.29, 0.717) is 29.8 Å². The zero-order valence-electron chi connectivity index (χ0n) is 17.6. The number of benzene rings is 2. The van der Waals surface area contributed by atoms with E-state index in [1.807, 2.05) is 24.8 Å². The maximum atomic E-state index is 14.0. The molecule has 5 nitrogen and oxygen atoms in total. The molecule has 166 valence electrons. The molecule has 0 saturated carbocycles. The Labute approximate surface area is 195 Å². The average molecular weight is 484 g/mol. The quantitative estimate of drug-likeness (QED) is 0.505. The number of carbonyl (C=O) groups is 1. The Morgan fingerprint density at radius 1 is 1.26 bits per heavy atom. The minimum Gasteiger partial charge on any atom is -0.505 e. The monoisotopic (exact) mass is 483 g/mol. The first kappa shape index (κ1) is 23.7. The first-order chi connectivity index (χ1) is 14.0. The van der Waals surface area contributed by atoms with Crippen LogP contribution in [0.15, 0.2) is 30.5 Å². The van der Waals surface area contributed by atoms with Crippen molar-refractivity contribution in [2.24, 2.45) is 0 Å². The van der Waals surface area contributed by atoms with Gasteiger partial charge in [-0.05, 0) is 63.0 Å². The maximum absolute atomic E-state index is 14.0. The molecular weight excluding hydrogens is 460 g/mol. The summed E-state index contributed by atoms with van der Waals surface area (Å²) < 4.78 is 19.1. The van der Waals surface area contributed by atoms with E-state index in [1.165, 1.54) is 23.7 Å². The van der Waals surface area contributed by atoms with Crippen LogP contribution >= 0.6 is 35.5 Å². The summed E-state index contributed by atoms with van der Waals surface area (Å²) >= 11 is 7.54. The van der Waals surface area contributed by atoms with Crippen LogP contribution in [-0.2, 0) is 0 Å².